The molecule has 0 spiro atoms. The van der Waals surface area contributed by atoms with Crippen LogP contribution in [0.4, 0.5) is 0 Å². The summed E-state index contributed by atoms with van der Waals surface area (Å²) in [6.07, 6.45) is 0. The molecule has 0 rings (SSSR count). The van der Waals surface area contributed by atoms with Gasteiger partial charge in [0.05, 0.1) is 6.61 Å². The molecule has 0 fully saturated rings. The fourth-order valence-electron chi connectivity index (χ4n) is 0.643. The Balaban J connectivity index is 3.91. The van der Waals surface area contributed by atoms with Gasteiger partial charge < -0.3 is 10.1 Å². The molecule has 0 aliphatic rings. The highest BCUT2D eigenvalue weighted by Crippen LogP contribution is 1.94. The van der Waals surface area contributed by atoms with Crippen molar-refractivity contribution in [1.82, 2.24) is 5.32 Å². The molecule has 0 radical (unpaired) electrons. The summed E-state index contributed by atoms with van der Waals surface area (Å²) in [7, 11) is 0. The number of hydrogen-bond donors (Lipinski definition) is 1. The van der Waals surface area contributed by atoms with Gasteiger partial charge >= 0.3 is 5.97 Å². The van der Waals surface area contributed by atoms with Gasteiger partial charge in [0.2, 0.25) is 5.91 Å². The fraction of sp³-hybridized carbons (Fsp3) is 0.400. The number of rotatable bonds is 5. The minimum Gasteiger partial charge on any atom is -0.463 e. The Labute approximate surface area is 83.6 Å². The molecule has 0 saturated heterocycles. The minimum atomic E-state index is -0.491. The van der Waals surface area contributed by atoms with Crippen molar-refractivity contribution >= 4 is 11.9 Å². The zero-order valence-electron chi connectivity index (χ0n) is 8.55. The van der Waals surface area contributed by atoms with Crippen LogP contribution < -0.4 is 5.32 Å². The molecule has 1 amide bonds. The summed E-state index contributed by atoms with van der Waals surface area (Å²) < 4.78 is 4.68. The van der Waals surface area contributed by atoms with Gasteiger partial charge in [0.25, 0.3) is 0 Å². The van der Waals surface area contributed by atoms with Crippen molar-refractivity contribution in [3.05, 3.63) is 24.3 Å². The second kappa shape index (κ2) is 5.96. The van der Waals surface area contributed by atoms with Crippen molar-refractivity contribution in [3.63, 3.8) is 0 Å². The third-order valence-corrected chi connectivity index (χ3v) is 1.41. The van der Waals surface area contributed by atoms with E-state index in [1.54, 1.807) is 13.8 Å². The molecule has 0 aliphatic carbocycles. The van der Waals surface area contributed by atoms with E-state index in [1.165, 1.54) is 0 Å². The Morgan fingerprint density at radius 2 is 1.93 bits per heavy atom. The molecule has 1 N–H and O–H groups in total. The van der Waals surface area contributed by atoms with Crippen molar-refractivity contribution in [2.75, 3.05) is 13.2 Å². The molecule has 0 aliphatic heterocycles. The van der Waals surface area contributed by atoms with E-state index < -0.39 is 5.97 Å². The van der Waals surface area contributed by atoms with E-state index >= 15 is 0 Å². The first-order valence-electron chi connectivity index (χ1n) is 4.27. The van der Waals surface area contributed by atoms with Gasteiger partial charge in [0.1, 0.15) is 0 Å². The lowest BCUT2D eigenvalue weighted by molar-refractivity contribution is -0.138. The van der Waals surface area contributed by atoms with Gasteiger partial charge in [-0.15, -0.1) is 0 Å². The lowest BCUT2D eigenvalue weighted by Crippen LogP contribution is -2.28. The van der Waals surface area contributed by atoms with Gasteiger partial charge in [-0.25, -0.2) is 4.79 Å². The van der Waals surface area contributed by atoms with Crippen LogP contribution in [0.5, 0.6) is 0 Å². The third kappa shape index (κ3) is 4.45. The second-order valence-corrected chi connectivity index (χ2v) is 2.79. The first kappa shape index (κ1) is 12.4. The Morgan fingerprint density at radius 1 is 1.36 bits per heavy atom. The molecule has 0 aromatic rings. The highest BCUT2D eigenvalue weighted by Gasteiger charge is 2.09. The van der Waals surface area contributed by atoms with Crippen molar-refractivity contribution in [2.24, 2.45) is 0 Å². The molecule has 0 saturated carbocycles. The highest BCUT2D eigenvalue weighted by atomic mass is 16.5. The summed E-state index contributed by atoms with van der Waals surface area (Å²) in [5.41, 5.74) is 0.614. The Morgan fingerprint density at radius 3 is 2.36 bits per heavy atom. The standard InChI is InChI=1S/C10H15NO3/c1-5-14-10(13)8(4)6-11-9(12)7(2)3/h2,4-6H2,1,3H3,(H,11,12). The van der Waals surface area contributed by atoms with Crippen LogP contribution in [0.3, 0.4) is 0 Å². The van der Waals surface area contributed by atoms with Gasteiger partial charge in [-0.3, -0.25) is 4.79 Å². The summed E-state index contributed by atoms with van der Waals surface area (Å²) in [5, 5.41) is 2.48. The molecule has 4 heteroatoms. The lowest BCUT2D eigenvalue weighted by Gasteiger charge is -2.06. The van der Waals surface area contributed by atoms with Crippen LogP contribution in [0.1, 0.15) is 13.8 Å². The number of carbonyl (C=O) groups excluding carboxylic acids is 2. The summed E-state index contributed by atoms with van der Waals surface area (Å²) >= 11 is 0. The highest BCUT2D eigenvalue weighted by molar-refractivity contribution is 5.94. The molecule has 14 heavy (non-hydrogen) atoms. The molecule has 0 aromatic carbocycles. The van der Waals surface area contributed by atoms with Crippen LogP contribution in [0.2, 0.25) is 0 Å². The van der Waals surface area contributed by atoms with Crippen LogP contribution in [-0.2, 0) is 14.3 Å². The average Bonchev–Trinajstić information content (AvgIpc) is 2.13. The number of nitrogens with one attached hydrogen (secondary N) is 1. The minimum absolute atomic E-state index is 0.0878. The number of ether oxygens (including phenoxy) is 1. The van der Waals surface area contributed by atoms with Gasteiger partial charge in [0.15, 0.2) is 0 Å². The van der Waals surface area contributed by atoms with Crippen molar-refractivity contribution in [1.29, 1.82) is 0 Å². The van der Waals surface area contributed by atoms with Gasteiger partial charge in [0, 0.05) is 17.7 Å². The fourth-order valence-corrected chi connectivity index (χ4v) is 0.643. The maximum Gasteiger partial charge on any atom is 0.335 e. The van der Waals surface area contributed by atoms with E-state index in [1.807, 2.05) is 0 Å². The quantitative estimate of drug-likeness (QED) is 0.524. The molecule has 4 nitrogen and oxygen atoms in total. The molecule has 0 bridgehead atoms. The largest absolute Gasteiger partial charge is 0.463 e. The monoisotopic (exact) mass is 197 g/mol. The summed E-state index contributed by atoms with van der Waals surface area (Å²) in [6.45, 7) is 10.6. The third-order valence-electron chi connectivity index (χ3n) is 1.41. The SMILES string of the molecule is C=C(C)C(=O)NCC(=C)C(=O)OCC. The normalized spacial score (nSPS) is 9.00. The molecule has 0 unspecified atom stereocenters. The molecule has 0 atom stereocenters. The second-order valence-electron chi connectivity index (χ2n) is 2.79. The Hall–Kier alpha value is -1.58. The summed E-state index contributed by atoms with van der Waals surface area (Å²) in [4.78, 5) is 22.1. The van der Waals surface area contributed by atoms with Gasteiger partial charge in [-0.1, -0.05) is 13.2 Å². The number of carbonyl (C=O) groups is 2. The lowest BCUT2D eigenvalue weighted by atomic mass is 10.3. The van der Waals surface area contributed by atoms with Crippen molar-refractivity contribution in [3.8, 4) is 0 Å². The maximum absolute atomic E-state index is 11.0. The van der Waals surface area contributed by atoms with E-state index in [4.69, 9.17) is 0 Å². The van der Waals surface area contributed by atoms with E-state index in [9.17, 15) is 9.59 Å². The molecule has 78 valence electrons. The number of amides is 1. The predicted octanol–water partition coefficient (Wildman–Crippen LogP) is 0.798. The van der Waals surface area contributed by atoms with Gasteiger partial charge in [-0.05, 0) is 13.8 Å². The Bertz CT molecular complexity index is 269. The van der Waals surface area contributed by atoms with Crippen LogP contribution >= 0.6 is 0 Å². The molecule has 0 aromatic heterocycles. The van der Waals surface area contributed by atoms with Crippen LogP contribution in [-0.4, -0.2) is 25.0 Å². The zero-order valence-corrected chi connectivity index (χ0v) is 8.55. The zero-order chi connectivity index (χ0) is 11.1. The van der Waals surface area contributed by atoms with Gasteiger partial charge in [-0.2, -0.15) is 0 Å². The number of hydrogen-bond acceptors (Lipinski definition) is 3. The summed E-state index contributed by atoms with van der Waals surface area (Å²) in [6, 6.07) is 0. The van der Waals surface area contributed by atoms with Crippen molar-refractivity contribution < 1.29 is 14.3 Å². The predicted molar refractivity (Wildman–Crippen MR) is 53.6 cm³/mol. The topological polar surface area (TPSA) is 55.4 Å². The Kier molecular flexibility index (Phi) is 5.29. The summed E-state index contributed by atoms with van der Waals surface area (Å²) in [5.74, 6) is -0.787. The average molecular weight is 197 g/mol. The van der Waals surface area contributed by atoms with Crippen LogP contribution in [0.25, 0.3) is 0 Å². The molecular weight excluding hydrogens is 182 g/mol. The van der Waals surface area contributed by atoms with E-state index in [-0.39, 0.29) is 18.0 Å². The first-order valence-corrected chi connectivity index (χ1v) is 4.27. The first-order chi connectivity index (χ1) is 6.49. The smallest absolute Gasteiger partial charge is 0.335 e. The van der Waals surface area contributed by atoms with E-state index in [0.717, 1.165) is 0 Å². The van der Waals surface area contributed by atoms with E-state index in [0.29, 0.717) is 12.2 Å². The van der Waals surface area contributed by atoms with E-state index in [2.05, 4.69) is 23.2 Å². The van der Waals surface area contributed by atoms with Crippen LogP contribution in [0, 0.1) is 0 Å². The van der Waals surface area contributed by atoms with Crippen molar-refractivity contribution in [2.45, 2.75) is 13.8 Å². The van der Waals surface area contributed by atoms with Crippen LogP contribution in [0.15, 0.2) is 24.3 Å². The number of esters is 1. The maximum atomic E-state index is 11.0. The molecular formula is C10H15NO3. The molecule has 0 heterocycles.